The van der Waals surface area contributed by atoms with E-state index in [4.69, 9.17) is 12.2 Å². The Morgan fingerprint density at radius 2 is 2.11 bits per heavy atom. The van der Waals surface area contributed by atoms with Gasteiger partial charge in [0.1, 0.15) is 5.70 Å². The summed E-state index contributed by atoms with van der Waals surface area (Å²) in [6.45, 7) is 0. The van der Waals surface area contributed by atoms with Crippen LogP contribution >= 0.6 is 12.2 Å². The number of benzene rings is 1. The van der Waals surface area contributed by atoms with Gasteiger partial charge in [0, 0.05) is 11.6 Å². The van der Waals surface area contributed by atoms with Crippen LogP contribution in [0.2, 0.25) is 0 Å². The summed E-state index contributed by atoms with van der Waals surface area (Å²) in [5.41, 5.74) is 2.32. The fourth-order valence-corrected chi connectivity index (χ4v) is 2.04. The Kier molecular flexibility index (Phi) is 2.53. The van der Waals surface area contributed by atoms with Gasteiger partial charge < -0.3 is 5.32 Å². The third-order valence-electron chi connectivity index (χ3n) is 2.66. The van der Waals surface area contributed by atoms with Gasteiger partial charge in [0.15, 0.2) is 5.11 Å². The maximum atomic E-state index is 11.5. The Labute approximate surface area is 109 Å². The van der Waals surface area contributed by atoms with Gasteiger partial charge in [-0.25, -0.2) is 0 Å². The van der Waals surface area contributed by atoms with Crippen molar-refractivity contribution in [3.63, 3.8) is 0 Å². The molecule has 1 aromatic heterocycles. The number of thiocarbonyl (C=S) groups is 1. The van der Waals surface area contributed by atoms with Gasteiger partial charge in [0.05, 0.1) is 5.52 Å². The van der Waals surface area contributed by atoms with Gasteiger partial charge in [-0.05, 0) is 42.1 Å². The molecule has 2 N–H and O–H groups in total. The smallest absolute Gasteiger partial charge is 0.273 e. The monoisotopic (exact) mass is 255 g/mol. The lowest BCUT2D eigenvalue weighted by Crippen LogP contribution is -2.21. The molecule has 4 nitrogen and oxygen atoms in total. The summed E-state index contributed by atoms with van der Waals surface area (Å²) < 4.78 is 0. The molecule has 0 unspecified atom stereocenters. The summed E-state index contributed by atoms with van der Waals surface area (Å²) in [5.74, 6) is -0.203. The first kappa shape index (κ1) is 10.9. The number of pyridine rings is 1. The molecule has 0 aliphatic carbocycles. The molecule has 0 radical (unpaired) electrons. The van der Waals surface area contributed by atoms with Gasteiger partial charge in [-0.3, -0.25) is 15.1 Å². The first-order chi connectivity index (χ1) is 8.72. The predicted molar refractivity (Wildman–Crippen MR) is 73.6 cm³/mol. The van der Waals surface area contributed by atoms with Crippen LogP contribution in [0, 0.1) is 0 Å². The van der Waals surface area contributed by atoms with E-state index in [9.17, 15) is 4.79 Å². The van der Waals surface area contributed by atoms with Gasteiger partial charge in [0.25, 0.3) is 5.91 Å². The van der Waals surface area contributed by atoms with Crippen LogP contribution in [0.5, 0.6) is 0 Å². The largest absolute Gasteiger partial charge is 0.328 e. The molecular formula is C13H9N3OS. The highest BCUT2D eigenvalue weighted by Crippen LogP contribution is 2.16. The van der Waals surface area contributed by atoms with E-state index in [0.717, 1.165) is 16.5 Å². The van der Waals surface area contributed by atoms with E-state index in [1.54, 1.807) is 12.3 Å². The number of hydrogen-bond acceptors (Lipinski definition) is 3. The molecule has 1 saturated heterocycles. The lowest BCUT2D eigenvalue weighted by Gasteiger charge is -1.99. The SMILES string of the molecule is O=C1NC(=S)N/C1=C/c1ccc2ncccc2c1. The minimum atomic E-state index is -0.203. The summed E-state index contributed by atoms with van der Waals surface area (Å²) in [4.78, 5) is 15.8. The molecule has 0 bridgehead atoms. The van der Waals surface area contributed by atoms with E-state index >= 15 is 0 Å². The van der Waals surface area contributed by atoms with E-state index in [1.807, 2.05) is 30.3 Å². The van der Waals surface area contributed by atoms with E-state index in [2.05, 4.69) is 15.6 Å². The van der Waals surface area contributed by atoms with Gasteiger partial charge in [-0.2, -0.15) is 0 Å². The summed E-state index contributed by atoms with van der Waals surface area (Å²) >= 11 is 4.87. The highest BCUT2D eigenvalue weighted by Gasteiger charge is 2.19. The first-order valence-electron chi connectivity index (χ1n) is 5.41. The molecule has 0 spiro atoms. The number of aromatic nitrogens is 1. The van der Waals surface area contributed by atoms with E-state index in [0.29, 0.717) is 10.8 Å². The van der Waals surface area contributed by atoms with Crippen LogP contribution in [0.1, 0.15) is 5.56 Å². The number of nitrogens with one attached hydrogen (secondary N) is 2. The minimum absolute atomic E-state index is 0.203. The maximum absolute atomic E-state index is 11.5. The third kappa shape index (κ3) is 1.96. The number of carbonyl (C=O) groups excluding carboxylic acids is 1. The number of amides is 1. The Hall–Kier alpha value is -2.27. The van der Waals surface area contributed by atoms with Gasteiger partial charge in [-0.1, -0.05) is 12.1 Å². The van der Waals surface area contributed by atoms with Gasteiger partial charge >= 0.3 is 0 Å². The van der Waals surface area contributed by atoms with E-state index < -0.39 is 0 Å². The summed E-state index contributed by atoms with van der Waals surface area (Å²) in [5, 5.41) is 6.72. The second-order valence-corrected chi connectivity index (χ2v) is 4.33. The first-order valence-corrected chi connectivity index (χ1v) is 5.82. The van der Waals surface area contributed by atoms with Crippen LogP contribution in [-0.2, 0) is 4.79 Å². The summed E-state index contributed by atoms with van der Waals surface area (Å²) in [6.07, 6.45) is 3.52. The Bertz CT molecular complexity index is 693. The van der Waals surface area contributed by atoms with E-state index in [-0.39, 0.29) is 5.91 Å². The standard InChI is InChI=1S/C13H9N3OS/c17-12-11(15-13(18)16-12)7-8-3-4-10-9(6-8)2-1-5-14-10/h1-7H,(H2,15,16,17,18)/b11-7+. The molecule has 5 heteroatoms. The molecule has 88 valence electrons. The predicted octanol–water partition coefficient (Wildman–Crippen LogP) is 1.58. The lowest BCUT2D eigenvalue weighted by atomic mass is 10.1. The summed E-state index contributed by atoms with van der Waals surface area (Å²) in [7, 11) is 0. The minimum Gasteiger partial charge on any atom is -0.328 e. The van der Waals surface area contributed by atoms with Crippen molar-refractivity contribution in [1.82, 2.24) is 15.6 Å². The summed E-state index contributed by atoms with van der Waals surface area (Å²) in [6, 6.07) is 9.68. The van der Waals surface area contributed by atoms with Crippen molar-refractivity contribution < 1.29 is 4.79 Å². The topological polar surface area (TPSA) is 54.0 Å². The highest BCUT2D eigenvalue weighted by molar-refractivity contribution is 7.80. The normalized spacial score (nSPS) is 17.0. The number of nitrogens with zero attached hydrogens (tertiary/aromatic N) is 1. The molecule has 1 amide bonds. The van der Waals surface area contributed by atoms with Crippen LogP contribution < -0.4 is 10.6 Å². The van der Waals surface area contributed by atoms with Crippen LogP contribution in [0.25, 0.3) is 17.0 Å². The van der Waals surface area contributed by atoms with Crippen molar-refractivity contribution in [3.05, 3.63) is 47.8 Å². The van der Waals surface area contributed by atoms with Gasteiger partial charge in [-0.15, -0.1) is 0 Å². The quantitative estimate of drug-likeness (QED) is 0.600. The van der Waals surface area contributed by atoms with Crippen LogP contribution in [0.3, 0.4) is 0 Å². The Balaban J connectivity index is 2.02. The van der Waals surface area contributed by atoms with Crippen molar-refractivity contribution in [2.75, 3.05) is 0 Å². The van der Waals surface area contributed by atoms with Gasteiger partial charge in [0.2, 0.25) is 0 Å². The Morgan fingerprint density at radius 3 is 2.89 bits per heavy atom. The number of rotatable bonds is 1. The number of carbonyl (C=O) groups is 1. The van der Waals surface area contributed by atoms with Crippen LogP contribution in [-0.4, -0.2) is 16.0 Å². The zero-order chi connectivity index (χ0) is 12.5. The second kappa shape index (κ2) is 4.19. The average Bonchev–Trinajstić information content (AvgIpc) is 2.68. The molecule has 1 aromatic carbocycles. The van der Waals surface area contributed by atoms with Crippen molar-refractivity contribution in [1.29, 1.82) is 0 Å². The molecule has 0 saturated carbocycles. The molecule has 1 aliphatic heterocycles. The average molecular weight is 255 g/mol. The molecule has 3 rings (SSSR count). The lowest BCUT2D eigenvalue weighted by molar-refractivity contribution is -0.115. The second-order valence-electron chi connectivity index (χ2n) is 3.92. The van der Waals surface area contributed by atoms with Crippen LogP contribution in [0.4, 0.5) is 0 Å². The fourth-order valence-electron chi connectivity index (χ4n) is 1.83. The van der Waals surface area contributed by atoms with Crippen molar-refractivity contribution in [2.45, 2.75) is 0 Å². The molecule has 2 aromatic rings. The highest BCUT2D eigenvalue weighted by atomic mass is 32.1. The molecule has 0 atom stereocenters. The fraction of sp³-hybridized carbons (Fsp3) is 0. The van der Waals surface area contributed by atoms with Crippen LogP contribution in [0.15, 0.2) is 42.2 Å². The maximum Gasteiger partial charge on any atom is 0.273 e. The number of hydrogen-bond donors (Lipinski definition) is 2. The number of fused-ring (bicyclic) bond motifs is 1. The van der Waals surface area contributed by atoms with Crippen molar-refractivity contribution in [3.8, 4) is 0 Å². The third-order valence-corrected chi connectivity index (χ3v) is 2.86. The molecule has 2 heterocycles. The molecule has 18 heavy (non-hydrogen) atoms. The van der Waals surface area contributed by atoms with Crippen molar-refractivity contribution in [2.24, 2.45) is 0 Å². The molecule has 1 fully saturated rings. The Morgan fingerprint density at radius 1 is 1.22 bits per heavy atom. The van der Waals surface area contributed by atoms with E-state index in [1.165, 1.54) is 0 Å². The molecular weight excluding hydrogens is 246 g/mol. The zero-order valence-corrected chi connectivity index (χ0v) is 10.1. The zero-order valence-electron chi connectivity index (χ0n) is 9.31. The van der Waals surface area contributed by atoms with Crippen molar-refractivity contribution >= 4 is 40.2 Å². The molecule has 1 aliphatic rings.